The SMILES string of the molecule is CCn1c(=Nc2ccccc2)sc2c(=O)n(-c3ccccc3)ncc21. The van der Waals surface area contributed by atoms with Crippen LogP contribution in [0.3, 0.4) is 0 Å². The molecule has 0 fully saturated rings. The van der Waals surface area contributed by atoms with Crippen molar-refractivity contribution in [2.45, 2.75) is 13.5 Å². The fourth-order valence-corrected chi connectivity index (χ4v) is 3.83. The summed E-state index contributed by atoms with van der Waals surface area (Å²) in [6.45, 7) is 2.76. The maximum atomic E-state index is 12.9. The van der Waals surface area contributed by atoms with E-state index in [2.05, 4.69) is 5.10 Å². The summed E-state index contributed by atoms with van der Waals surface area (Å²) in [7, 11) is 0. The minimum absolute atomic E-state index is 0.120. The van der Waals surface area contributed by atoms with Crippen molar-refractivity contribution in [2.75, 3.05) is 0 Å². The molecule has 0 aliphatic heterocycles. The second-order valence-electron chi connectivity index (χ2n) is 5.49. The van der Waals surface area contributed by atoms with Crippen molar-refractivity contribution in [1.29, 1.82) is 0 Å². The van der Waals surface area contributed by atoms with Crippen molar-refractivity contribution in [1.82, 2.24) is 14.3 Å². The van der Waals surface area contributed by atoms with Crippen LogP contribution in [-0.4, -0.2) is 14.3 Å². The standard InChI is InChI=1S/C19H16N4OS/c1-2-22-16-13-20-23(15-11-7-4-8-12-15)18(24)17(16)25-19(22)21-14-9-5-3-6-10-14/h3-13H,2H2,1H3. The van der Waals surface area contributed by atoms with Crippen LogP contribution in [0.15, 0.2) is 76.6 Å². The summed E-state index contributed by atoms with van der Waals surface area (Å²) in [5.74, 6) is 0. The third kappa shape index (κ3) is 2.81. The zero-order chi connectivity index (χ0) is 17.2. The van der Waals surface area contributed by atoms with Crippen LogP contribution in [0.2, 0.25) is 0 Å². The summed E-state index contributed by atoms with van der Waals surface area (Å²) in [6, 6.07) is 19.2. The third-order valence-corrected chi connectivity index (χ3v) is 5.01. The van der Waals surface area contributed by atoms with Crippen molar-refractivity contribution >= 4 is 27.2 Å². The lowest BCUT2D eigenvalue weighted by Crippen LogP contribution is -2.20. The molecular formula is C19H16N4OS. The van der Waals surface area contributed by atoms with E-state index in [1.54, 1.807) is 6.20 Å². The molecule has 4 aromatic rings. The molecule has 2 aromatic heterocycles. The van der Waals surface area contributed by atoms with Gasteiger partial charge in [0.05, 0.1) is 23.1 Å². The number of hydrogen-bond donors (Lipinski definition) is 0. The highest BCUT2D eigenvalue weighted by atomic mass is 32.1. The predicted octanol–water partition coefficient (Wildman–Crippen LogP) is 3.50. The van der Waals surface area contributed by atoms with Crippen LogP contribution >= 0.6 is 11.3 Å². The Kier molecular flexibility index (Phi) is 4.03. The molecule has 0 aliphatic rings. The number of aryl methyl sites for hydroxylation is 1. The smallest absolute Gasteiger partial charge is 0.291 e. The molecule has 124 valence electrons. The van der Waals surface area contributed by atoms with Crippen LogP contribution in [-0.2, 0) is 6.54 Å². The molecule has 0 saturated heterocycles. The first-order valence-electron chi connectivity index (χ1n) is 8.05. The Morgan fingerprint density at radius 2 is 1.72 bits per heavy atom. The third-order valence-electron chi connectivity index (χ3n) is 3.93. The molecule has 0 radical (unpaired) electrons. The summed E-state index contributed by atoms with van der Waals surface area (Å²) in [5.41, 5.74) is 2.32. The maximum absolute atomic E-state index is 12.9. The fraction of sp³-hybridized carbons (Fsp3) is 0.105. The minimum atomic E-state index is -0.120. The van der Waals surface area contributed by atoms with Gasteiger partial charge in [0.2, 0.25) is 0 Å². The molecule has 2 aromatic carbocycles. The Bertz CT molecular complexity index is 1140. The monoisotopic (exact) mass is 348 g/mol. The number of benzene rings is 2. The fourth-order valence-electron chi connectivity index (χ4n) is 2.72. The summed E-state index contributed by atoms with van der Waals surface area (Å²) >= 11 is 1.40. The van der Waals surface area contributed by atoms with E-state index >= 15 is 0 Å². The zero-order valence-corrected chi connectivity index (χ0v) is 14.5. The quantitative estimate of drug-likeness (QED) is 0.569. The molecule has 0 atom stereocenters. The van der Waals surface area contributed by atoms with Crippen LogP contribution in [0.5, 0.6) is 0 Å². The van der Waals surface area contributed by atoms with Gasteiger partial charge in [-0.15, -0.1) is 0 Å². The number of fused-ring (bicyclic) bond motifs is 1. The molecule has 4 rings (SSSR count). The average Bonchev–Trinajstić information content (AvgIpc) is 3.01. The van der Waals surface area contributed by atoms with Crippen molar-refractivity contribution in [3.63, 3.8) is 0 Å². The topological polar surface area (TPSA) is 52.2 Å². The lowest BCUT2D eigenvalue weighted by atomic mass is 10.3. The lowest BCUT2D eigenvalue weighted by Gasteiger charge is -2.04. The van der Waals surface area contributed by atoms with Crippen LogP contribution in [0.25, 0.3) is 15.9 Å². The summed E-state index contributed by atoms with van der Waals surface area (Å²) in [4.78, 5) is 18.4. The number of hydrogen-bond acceptors (Lipinski definition) is 4. The van der Waals surface area contributed by atoms with Gasteiger partial charge in [-0.2, -0.15) is 9.78 Å². The van der Waals surface area contributed by atoms with E-state index in [1.807, 2.05) is 72.2 Å². The van der Waals surface area contributed by atoms with E-state index in [-0.39, 0.29) is 5.56 Å². The Balaban J connectivity index is 1.97. The summed E-state index contributed by atoms with van der Waals surface area (Å²) < 4.78 is 4.12. The lowest BCUT2D eigenvalue weighted by molar-refractivity contribution is 0.753. The molecule has 0 N–H and O–H groups in total. The van der Waals surface area contributed by atoms with Crippen molar-refractivity contribution in [2.24, 2.45) is 4.99 Å². The van der Waals surface area contributed by atoms with E-state index in [1.165, 1.54) is 16.0 Å². The number of aromatic nitrogens is 3. The summed E-state index contributed by atoms with van der Waals surface area (Å²) in [5, 5.41) is 4.35. The van der Waals surface area contributed by atoms with E-state index in [4.69, 9.17) is 4.99 Å². The van der Waals surface area contributed by atoms with Crippen molar-refractivity contribution < 1.29 is 0 Å². The highest BCUT2D eigenvalue weighted by Crippen LogP contribution is 2.15. The largest absolute Gasteiger partial charge is 0.315 e. The Morgan fingerprint density at radius 1 is 1.04 bits per heavy atom. The van der Waals surface area contributed by atoms with E-state index in [0.29, 0.717) is 4.70 Å². The number of rotatable bonds is 3. The highest BCUT2D eigenvalue weighted by Gasteiger charge is 2.12. The molecule has 0 unspecified atom stereocenters. The van der Waals surface area contributed by atoms with E-state index in [0.717, 1.165) is 28.2 Å². The van der Waals surface area contributed by atoms with Crippen LogP contribution < -0.4 is 10.4 Å². The highest BCUT2D eigenvalue weighted by molar-refractivity contribution is 7.16. The maximum Gasteiger partial charge on any atom is 0.291 e. The molecule has 25 heavy (non-hydrogen) atoms. The first kappa shape index (κ1) is 15.5. The molecule has 5 nitrogen and oxygen atoms in total. The molecule has 6 heteroatoms. The average molecular weight is 348 g/mol. The van der Waals surface area contributed by atoms with Crippen LogP contribution in [0.1, 0.15) is 6.92 Å². The number of para-hydroxylation sites is 2. The van der Waals surface area contributed by atoms with Gasteiger partial charge in [0.1, 0.15) is 4.70 Å². The minimum Gasteiger partial charge on any atom is -0.315 e. The molecule has 2 heterocycles. The molecule has 0 aliphatic carbocycles. The number of nitrogens with zero attached hydrogens (tertiary/aromatic N) is 4. The Hall–Kier alpha value is -2.99. The molecule has 0 saturated carbocycles. The van der Waals surface area contributed by atoms with Gasteiger partial charge in [-0.1, -0.05) is 47.7 Å². The molecular weight excluding hydrogens is 332 g/mol. The second kappa shape index (κ2) is 6.49. The summed E-state index contributed by atoms with van der Waals surface area (Å²) in [6.07, 6.45) is 1.74. The van der Waals surface area contributed by atoms with Gasteiger partial charge in [-0.3, -0.25) is 4.79 Å². The van der Waals surface area contributed by atoms with Gasteiger partial charge in [0, 0.05) is 6.54 Å². The van der Waals surface area contributed by atoms with Crippen LogP contribution in [0.4, 0.5) is 5.69 Å². The Morgan fingerprint density at radius 3 is 2.40 bits per heavy atom. The van der Waals surface area contributed by atoms with E-state index < -0.39 is 0 Å². The van der Waals surface area contributed by atoms with Gasteiger partial charge < -0.3 is 4.57 Å². The predicted molar refractivity (Wildman–Crippen MR) is 101 cm³/mol. The molecule has 0 amide bonds. The van der Waals surface area contributed by atoms with E-state index in [9.17, 15) is 4.79 Å². The van der Waals surface area contributed by atoms with Gasteiger partial charge in [-0.25, -0.2) is 4.99 Å². The van der Waals surface area contributed by atoms with Gasteiger partial charge in [0.15, 0.2) is 4.80 Å². The molecule has 0 bridgehead atoms. The first-order valence-corrected chi connectivity index (χ1v) is 8.86. The second-order valence-corrected chi connectivity index (χ2v) is 6.47. The first-order chi connectivity index (χ1) is 12.3. The van der Waals surface area contributed by atoms with Gasteiger partial charge in [0.25, 0.3) is 5.56 Å². The van der Waals surface area contributed by atoms with Crippen molar-refractivity contribution in [3.05, 3.63) is 82.0 Å². The Labute approximate surface area is 148 Å². The number of thiazole rings is 1. The zero-order valence-electron chi connectivity index (χ0n) is 13.7. The normalized spacial score (nSPS) is 12.0. The van der Waals surface area contributed by atoms with Gasteiger partial charge >= 0.3 is 0 Å². The molecule has 0 spiro atoms. The van der Waals surface area contributed by atoms with Gasteiger partial charge in [-0.05, 0) is 31.2 Å². The van der Waals surface area contributed by atoms with Crippen LogP contribution in [0, 0.1) is 0 Å². The van der Waals surface area contributed by atoms with Crippen molar-refractivity contribution in [3.8, 4) is 5.69 Å².